The lowest BCUT2D eigenvalue weighted by molar-refractivity contribution is -0.137. The maximum atomic E-state index is 10.3. The quantitative estimate of drug-likeness (QED) is 0.397. The second kappa shape index (κ2) is 13.2. The Labute approximate surface area is 160 Å². The molecule has 6 heteroatoms. The van der Waals surface area contributed by atoms with Crippen molar-refractivity contribution in [3.63, 3.8) is 0 Å². The Morgan fingerprint density at radius 3 is 2.04 bits per heavy atom. The molecule has 2 rings (SSSR count). The van der Waals surface area contributed by atoms with Gasteiger partial charge in [-0.15, -0.1) is 11.3 Å². The van der Waals surface area contributed by atoms with Gasteiger partial charge in [-0.25, -0.2) is 4.98 Å². The summed E-state index contributed by atoms with van der Waals surface area (Å²) in [6.07, 6.45) is 9.27. The molecule has 0 unspecified atom stereocenters. The Morgan fingerprint density at radius 2 is 1.58 bits per heavy atom. The zero-order chi connectivity index (χ0) is 19.2. The number of nitrogens with two attached hydrogens (primary N) is 2. The Hall–Kier alpha value is -2.08. The fourth-order valence-corrected chi connectivity index (χ4v) is 3.46. The van der Waals surface area contributed by atoms with Crippen LogP contribution in [0, 0.1) is 6.92 Å². The average Bonchev–Trinajstić information content (AvgIpc) is 2.92. The number of anilines is 2. The number of thiazole rings is 1. The van der Waals surface area contributed by atoms with E-state index in [2.05, 4.69) is 4.98 Å². The van der Waals surface area contributed by atoms with Crippen molar-refractivity contribution >= 4 is 28.1 Å². The Kier molecular flexibility index (Phi) is 11.1. The van der Waals surface area contributed by atoms with Gasteiger partial charge < -0.3 is 16.6 Å². The number of para-hydroxylation sites is 1. The highest BCUT2D eigenvalue weighted by Crippen LogP contribution is 2.22. The van der Waals surface area contributed by atoms with Gasteiger partial charge in [0.05, 0.1) is 5.69 Å². The highest BCUT2D eigenvalue weighted by molar-refractivity contribution is 7.15. The smallest absolute Gasteiger partial charge is 0.303 e. The molecule has 0 amide bonds. The van der Waals surface area contributed by atoms with Crippen LogP contribution >= 0.6 is 11.3 Å². The monoisotopic (exact) mass is 377 g/mol. The van der Waals surface area contributed by atoms with Crippen molar-refractivity contribution < 1.29 is 9.90 Å². The number of carboxylic acids is 1. The molecule has 26 heavy (non-hydrogen) atoms. The molecule has 0 fully saturated rings. The molecular weight excluding hydrogens is 346 g/mol. The lowest BCUT2D eigenvalue weighted by atomic mass is 10.1. The molecule has 0 atom stereocenters. The topological polar surface area (TPSA) is 102 Å². The van der Waals surface area contributed by atoms with E-state index in [1.165, 1.54) is 30.6 Å². The normalized spacial score (nSPS) is 10.2. The molecule has 0 saturated carbocycles. The average molecular weight is 378 g/mol. The molecule has 0 spiro atoms. The molecule has 1 heterocycles. The SMILES string of the molecule is Cc1nc(N)sc1CCCCCCCCCC(=O)O.Nc1ccccc1. The number of nitrogens with zero attached hydrogens (tertiary/aromatic N) is 1. The van der Waals surface area contributed by atoms with Crippen LogP contribution in [0.2, 0.25) is 0 Å². The van der Waals surface area contributed by atoms with Gasteiger partial charge in [-0.05, 0) is 38.3 Å². The lowest BCUT2D eigenvalue weighted by Gasteiger charge is -2.01. The van der Waals surface area contributed by atoms with Crippen molar-refractivity contribution in [3.8, 4) is 0 Å². The molecular formula is C20H31N3O2S. The summed E-state index contributed by atoms with van der Waals surface area (Å²) in [7, 11) is 0. The number of carbonyl (C=O) groups is 1. The van der Waals surface area contributed by atoms with Crippen LogP contribution < -0.4 is 11.5 Å². The zero-order valence-corrected chi connectivity index (χ0v) is 16.4. The summed E-state index contributed by atoms with van der Waals surface area (Å²) in [5.41, 5.74) is 12.9. The first kappa shape index (κ1) is 22.0. The van der Waals surface area contributed by atoms with Crippen LogP contribution in [0.25, 0.3) is 0 Å². The molecule has 0 aliphatic heterocycles. The van der Waals surface area contributed by atoms with Crippen molar-refractivity contribution in [1.82, 2.24) is 4.98 Å². The minimum absolute atomic E-state index is 0.312. The van der Waals surface area contributed by atoms with E-state index in [4.69, 9.17) is 16.6 Å². The first-order chi connectivity index (χ1) is 12.5. The van der Waals surface area contributed by atoms with Crippen LogP contribution in [-0.4, -0.2) is 16.1 Å². The summed E-state index contributed by atoms with van der Waals surface area (Å²) in [5.74, 6) is -0.681. The predicted octanol–water partition coefficient (Wildman–Crippen LogP) is 5.05. The molecule has 0 radical (unpaired) electrons. The number of aromatic nitrogens is 1. The van der Waals surface area contributed by atoms with Gasteiger partial charge in [0.25, 0.3) is 0 Å². The maximum Gasteiger partial charge on any atom is 0.303 e. The molecule has 5 nitrogen and oxygen atoms in total. The Balaban J connectivity index is 0.000000401. The van der Waals surface area contributed by atoms with Crippen LogP contribution in [0.1, 0.15) is 61.9 Å². The highest BCUT2D eigenvalue weighted by Gasteiger charge is 2.04. The van der Waals surface area contributed by atoms with E-state index in [9.17, 15) is 4.79 Å². The number of unbranched alkanes of at least 4 members (excludes halogenated alkanes) is 6. The van der Waals surface area contributed by atoms with Crippen molar-refractivity contribution in [2.45, 2.75) is 64.7 Å². The van der Waals surface area contributed by atoms with Gasteiger partial charge in [-0.2, -0.15) is 0 Å². The summed E-state index contributed by atoms with van der Waals surface area (Å²) in [6, 6.07) is 9.49. The van der Waals surface area contributed by atoms with Crippen LogP contribution in [0.3, 0.4) is 0 Å². The van der Waals surface area contributed by atoms with Gasteiger partial charge in [-0.3, -0.25) is 4.79 Å². The molecule has 0 saturated heterocycles. The fourth-order valence-electron chi connectivity index (χ4n) is 2.58. The largest absolute Gasteiger partial charge is 0.481 e. The lowest BCUT2D eigenvalue weighted by Crippen LogP contribution is -1.93. The van der Waals surface area contributed by atoms with Crippen LogP contribution in [0.15, 0.2) is 30.3 Å². The van der Waals surface area contributed by atoms with E-state index < -0.39 is 5.97 Å². The third-order valence-corrected chi connectivity index (χ3v) is 5.05. The number of hydrogen-bond donors (Lipinski definition) is 3. The van der Waals surface area contributed by atoms with Crippen molar-refractivity contribution in [3.05, 3.63) is 40.9 Å². The third-order valence-electron chi connectivity index (χ3n) is 4.00. The Morgan fingerprint density at radius 1 is 1.00 bits per heavy atom. The van der Waals surface area contributed by atoms with Crippen LogP contribution in [0.4, 0.5) is 10.8 Å². The van der Waals surface area contributed by atoms with Crippen molar-refractivity contribution in [2.75, 3.05) is 11.5 Å². The zero-order valence-electron chi connectivity index (χ0n) is 15.6. The number of nitrogen functional groups attached to an aromatic ring is 2. The van der Waals surface area contributed by atoms with E-state index in [1.807, 2.05) is 37.3 Å². The van der Waals surface area contributed by atoms with Crippen LogP contribution in [-0.2, 0) is 11.2 Å². The first-order valence-corrected chi connectivity index (χ1v) is 10.0. The predicted molar refractivity (Wildman–Crippen MR) is 110 cm³/mol. The fraction of sp³-hybridized carbons (Fsp3) is 0.500. The molecule has 144 valence electrons. The molecule has 0 aliphatic rings. The number of hydrogen-bond acceptors (Lipinski definition) is 5. The molecule has 5 N–H and O–H groups in total. The number of aryl methyl sites for hydroxylation is 2. The summed E-state index contributed by atoms with van der Waals surface area (Å²) >= 11 is 1.60. The molecule has 0 bridgehead atoms. The molecule has 0 aliphatic carbocycles. The second-order valence-corrected chi connectivity index (χ2v) is 7.46. The molecule has 2 aromatic rings. The van der Waals surface area contributed by atoms with E-state index in [0.29, 0.717) is 11.6 Å². The van der Waals surface area contributed by atoms with E-state index in [1.54, 1.807) is 11.3 Å². The summed E-state index contributed by atoms with van der Waals surface area (Å²) < 4.78 is 0. The Bertz CT molecular complexity index is 629. The van der Waals surface area contributed by atoms with E-state index in [0.717, 1.165) is 37.1 Å². The first-order valence-electron chi connectivity index (χ1n) is 9.23. The van der Waals surface area contributed by atoms with Gasteiger partial charge in [0.2, 0.25) is 0 Å². The van der Waals surface area contributed by atoms with E-state index in [-0.39, 0.29) is 0 Å². The third kappa shape index (κ3) is 10.7. The molecule has 1 aromatic heterocycles. The van der Waals surface area contributed by atoms with Crippen LogP contribution in [0.5, 0.6) is 0 Å². The minimum Gasteiger partial charge on any atom is -0.481 e. The van der Waals surface area contributed by atoms with E-state index >= 15 is 0 Å². The summed E-state index contributed by atoms with van der Waals surface area (Å²) in [5, 5.41) is 9.18. The molecule has 1 aromatic carbocycles. The second-order valence-electron chi connectivity index (χ2n) is 6.34. The highest BCUT2D eigenvalue weighted by atomic mass is 32.1. The van der Waals surface area contributed by atoms with Gasteiger partial charge in [0, 0.05) is 17.0 Å². The summed E-state index contributed by atoms with van der Waals surface area (Å²) in [6.45, 7) is 2.02. The van der Waals surface area contributed by atoms with Crippen molar-refractivity contribution in [2.24, 2.45) is 0 Å². The number of carboxylic acid groups (broad SMARTS) is 1. The van der Waals surface area contributed by atoms with Gasteiger partial charge in [-0.1, -0.05) is 50.3 Å². The number of benzene rings is 1. The van der Waals surface area contributed by atoms with Gasteiger partial charge in [0.15, 0.2) is 5.13 Å². The van der Waals surface area contributed by atoms with Gasteiger partial charge >= 0.3 is 5.97 Å². The maximum absolute atomic E-state index is 10.3. The number of aliphatic carboxylic acids is 1. The standard InChI is InChI=1S/C14H24N2O2S.C6H7N/c1-11-12(19-14(15)16-11)9-7-5-3-2-4-6-8-10-13(17)18;7-6-4-2-1-3-5-6/h2-10H2,1H3,(H2,15,16)(H,17,18);1-5H,7H2. The number of rotatable bonds is 10. The van der Waals surface area contributed by atoms with Gasteiger partial charge in [0.1, 0.15) is 0 Å². The minimum atomic E-state index is -0.681. The van der Waals surface area contributed by atoms with Crippen molar-refractivity contribution in [1.29, 1.82) is 0 Å². The summed E-state index contributed by atoms with van der Waals surface area (Å²) in [4.78, 5) is 15.9.